The Labute approximate surface area is 191 Å². The summed E-state index contributed by atoms with van der Waals surface area (Å²) in [5, 5.41) is 12.2. The van der Waals surface area contributed by atoms with Crippen molar-refractivity contribution >= 4 is 28.4 Å². The zero-order valence-corrected chi connectivity index (χ0v) is 18.5. The lowest BCUT2D eigenvalue weighted by atomic mass is 9.93. The van der Waals surface area contributed by atoms with E-state index >= 15 is 0 Å². The van der Waals surface area contributed by atoms with E-state index in [2.05, 4.69) is 11.9 Å². The molecule has 0 spiro atoms. The number of aromatic nitrogens is 1. The van der Waals surface area contributed by atoms with Crippen molar-refractivity contribution in [1.29, 1.82) is 0 Å². The maximum absolute atomic E-state index is 13.3. The molecular weight excluding hydrogens is 416 g/mol. The number of likely N-dealkylation sites (tertiary alicyclic amines) is 1. The van der Waals surface area contributed by atoms with Crippen LogP contribution >= 0.6 is 0 Å². The summed E-state index contributed by atoms with van der Waals surface area (Å²) in [4.78, 5) is 31.3. The van der Waals surface area contributed by atoms with Gasteiger partial charge >= 0.3 is 0 Å². The van der Waals surface area contributed by atoms with Crippen LogP contribution in [0.4, 0.5) is 0 Å². The van der Waals surface area contributed by atoms with Crippen LogP contribution < -0.4 is 0 Å². The molecule has 1 aliphatic rings. The van der Waals surface area contributed by atoms with Gasteiger partial charge in [-0.25, -0.2) is 0 Å². The number of nitrogens with zero attached hydrogens (tertiary/aromatic N) is 1. The fraction of sp³-hybridized carbons (Fsp3) is 0.185. The average Bonchev–Trinajstić information content (AvgIpc) is 3.52. The summed E-state index contributed by atoms with van der Waals surface area (Å²) in [7, 11) is 0. The van der Waals surface area contributed by atoms with Gasteiger partial charge in [0.1, 0.15) is 11.5 Å². The molecule has 6 heteroatoms. The van der Waals surface area contributed by atoms with E-state index in [0.29, 0.717) is 11.3 Å². The summed E-state index contributed by atoms with van der Waals surface area (Å²) in [6.07, 6.45) is 2.40. The molecule has 2 aromatic heterocycles. The molecule has 33 heavy (non-hydrogen) atoms. The average molecular weight is 440 g/mol. The minimum absolute atomic E-state index is 0.0867. The highest BCUT2D eigenvalue weighted by molar-refractivity contribution is 6.46. The summed E-state index contributed by atoms with van der Waals surface area (Å²) in [5.74, 6) is -0.972. The van der Waals surface area contributed by atoms with Crippen LogP contribution in [0.2, 0.25) is 0 Å². The molecule has 1 aliphatic heterocycles. The minimum atomic E-state index is -0.753. The molecule has 166 valence electrons. The first kappa shape index (κ1) is 20.8. The van der Waals surface area contributed by atoms with Crippen LogP contribution in [-0.4, -0.2) is 26.7 Å². The number of carbonyl (C=O) groups is 2. The third kappa shape index (κ3) is 3.44. The third-order valence-electron chi connectivity index (χ3n) is 6.30. The Balaban J connectivity index is 1.73. The van der Waals surface area contributed by atoms with Gasteiger partial charge in [0.05, 0.1) is 24.4 Å². The second kappa shape index (κ2) is 8.13. The molecule has 1 atom stereocenters. The monoisotopic (exact) mass is 440 g/mol. The van der Waals surface area contributed by atoms with Gasteiger partial charge in [-0.3, -0.25) is 9.59 Å². The molecule has 4 aromatic rings. The van der Waals surface area contributed by atoms with Gasteiger partial charge in [0.15, 0.2) is 0 Å². The molecule has 3 heterocycles. The SMILES string of the molecule is CCc1ccc(/C(O)=C2\C(=O)C(=O)N(Cc3ccco3)C2c2c(C)[nH]c3ccccc23)cc1. The number of hydrogen-bond donors (Lipinski definition) is 2. The zero-order chi connectivity index (χ0) is 23.1. The maximum atomic E-state index is 13.3. The molecule has 5 rings (SSSR count). The highest BCUT2D eigenvalue weighted by Crippen LogP contribution is 2.44. The van der Waals surface area contributed by atoms with Crippen molar-refractivity contribution in [1.82, 2.24) is 9.88 Å². The van der Waals surface area contributed by atoms with Crippen LogP contribution in [0, 0.1) is 6.92 Å². The van der Waals surface area contributed by atoms with E-state index in [1.165, 1.54) is 11.2 Å². The molecule has 0 bridgehead atoms. The summed E-state index contributed by atoms with van der Waals surface area (Å²) >= 11 is 0. The van der Waals surface area contributed by atoms with Crippen molar-refractivity contribution < 1.29 is 19.1 Å². The third-order valence-corrected chi connectivity index (χ3v) is 6.30. The Morgan fingerprint density at radius 3 is 2.52 bits per heavy atom. The van der Waals surface area contributed by atoms with Gasteiger partial charge in [0.2, 0.25) is 0 Å². The van der Waals surface area contributed by atoms with Gasteiger partial charge in [-0.15, -0.1) is 0 Å². The largest absolute Gasteiger partial charge is 0.507 e. The highest BCUT2D eigenvalue weighted by atomic mass is 16.3. The van der Waals surface area contributed by atoms with Crippen molar-refractivity contribution in [3.05, 3.63) is 101 Å². The van der Waals surface area contributed by atoms with Crippen molar-refractivity contribution in [2.75, 3.05) is 0 Å². The Kier molecular flexibility index (Phi) is 5.13. The molecule has 0 aliphatic carbocycles. The van der Waals surface area contributed by atoms with Crippen molar-refractivity contribution in [2.45, 2.75) is 32.9 Å². The number of benzene rings is 2. The number of para-hydroxylation sites is 1. The normalized spacial score (nSPS) is 17.9. The van der Waals surface area contributed by atoms with E-state index in [4.69, 9.17) is 4.42 Å². The van der Waals surface area contributed by atoms with E-state index in [0.717, 1.165) is 34.1 Å². The Morgan fingerprint density at radius 1 is 1.06 bits per heavy atom. The van der Waals surface area contributed by atoms with E-state index in [-0.39, 0.29) is 17.9 Å². The topological polar surface area (TPSA) is 86.5 Å². The number of Topliss-reactive ketones (excluding diaryl/α,β-unsaturated/α-hetero) is 1. The second-order valence-electron chi connectivity index (χ2n) is 8.27. The maximum Gasteiger partial charge on any atom is 0.296 e. The summed E-state index contributed by atoms with van der Waals surface area (Å²) < 4.78 is 5.48. The van der Waals surface area contributed by atoms with E-state index in [1.807, 2.05) is 43.3 Å². The Bertz CT molecular complexity index is 1380. The standard InChI is InChI=1S/C27H24N2O4/c1-3-17-10-12-18(13-11-17)25(30)23-24(22-16(2)28-21-9-5-4-8-20(21)22)29(27(32)26(23)31)15-19-7-6-14-33-19/h4-14,24,28,30H,3,15H2,1-2H3/b25-23+. The molecule has 1 amide bonds. The smallest absolute Gasteiger partial charge is 0.296 e. The number of aliphatic hydroxyl groups excluding tert-OH is 1. The van der Waals surface area contributed by atoms with Gasteiger partial charge in [-0.2, -0.15) is 0 Å². The Hall–Kier alpha value is -4.06. The van der Waals surface area contributed by atoms with Crippen molar-refractivity contribution in [3.8, 4) is 0 Å². The number of fused-ring (bicyclic) bond motifs is 1. The van der Waals surface area contributed by atoms with Crippen molar-refractivity contribution in [3.63, 3.8) is 0 Å². The first-order chi connectivity index (χ1) is 16.0. The number of amides is 1. The zero-order valence-electron chi connectivity index (χ0n) is 18.5. The number of carbonyl (C=O) groups excluding carboxylic acids is 2. The predicted octanol–water partition coefficient (Wildman–Crippen LogP) is 5.25. The number of hydrogen-bond acceptors (Lipinski definition) is 4. The molecule has 0 saturated carbocycles. The number of H-pyrrole nitrogens is 1. The van der Waals surface area contributed by atoms with Crippen LogP contribution in [0.1, 0.15) is 41.1 Å². The van der Waals surface area contributed by atoms with Crippen LogP contribution in [0.15, 0.2) is 76.9 Å². The second-order valence-corrected chi connectivity index (χ2v) is 8.27. The lowest BCUT2D eigenvalue weighted by Gasteiger charge is -2.25. The molecule has 0 radical (unpaired) electrons. The first-order valence-electron chi connectivity index (χ1n) is 11.0. The molecule has 1 unspecified atom stereocenters. The minimum Gasteiger partial charge on any atom is -0.507 e. The van der Waals surface area contributed by atoms with Crippen LogP contribution in [-0.2, 0) is 22.6 Å². The summed E-state index contributed by atoms with van der Waals surface area (Å²) in [6, 6.07) is 17.9. The molecule has 1 fully saturated rings. The van der Waals surface area contributed by atoms with Crippen LogP contribution in [0.25, 0.3) is 16.7 Å². The number of aromatic amines is 1. The summed E-state index contributed by atoms with van der Waals surface area (Å²) in [5.41, 5.74) is 4.24. The Morgan fingerprint density at radius 2 is 1.82 bits per heavy atom. The molecule has 1 saturated heterocycles. The lowest BCUT2D eigenvalue weighted by molar-refractivity contribution is -0.140. The number of furan rings is 1. The van der Waals surface area contributed by atoms with Gasteiger partial charge in [0.25, 0.3) is 11.7 Å². The van der Waals surface area contributed by atoms with E-state index in [1.54, 1.807) is 24.3 Å². The van der Waals surface area contributed by atoms with Gasteiger partial charge in [-0.05, 0) is 37.1 Å². The number of aliphatic hydroxyl groups is 1. The number of nitrogens with one attached hydrogen (secondary N) is 1. The molecule has 2 N–H and O–H groups in total. The number of aryl methyl sites for hydroxylation is 2. The molecule has 2 aromatic carbocycles. The van der Waals surface area contributed by atoms with Gasteiger partial charge in [-0.1, -0.05) is 49.4 Å². The highest BCUT2D eigenvalue weighted by Gasteiger charge is 2.47. The van der Waals surface area contributed by atoms with E-state index < -0.39 is 17.7 Å². The van der Waals surface area contributed by atoms with E-state index in [9.17, 15) is 14.7 Å². The fourth-order valence-electron chi connectivity index (χ4n) is 4.62. The number of ketones is 1. The van der Waals surface area contributed by atoms with Crippen LogP contribution in [0.5, 0.6) is 0 Å². The predicted molar refractivity (Wildman–Crippen MR) is 125 cm³/mol. The lowest BCUT2D eigenvalue weighted by Crippen LogP contribution is -2.29. The van der Waals surface area contributed by atoms with Crippen LogP contribution in [0.3, 0.4) is 0 Å². The first-order valence-corrected chi connectivity index (χ1v) is 11.0. The fourth-order valence-corrected chi connectivity index (χ4v) is 4.62. The van der Waals surface area contributed by atoms with Gasteiger partial charge < -0.3 is 19.4 Å². The molecular formula is C27H24N2O4. The van der Waals surface area contributed by atoms with Crippen molar-refractivity contribution in [2.24, 2.45) is 0 Å². The quantitative estimate of drug-likeness (QED) is 0.252. The summed E-state index contributed by atoms with van der Waals surface area (Å²) in [6.45, 7) is 4.08. The number of rotatable bonds is 5. The molecule has 6 nitrogen and oxygen atoms in total. The van der Waals surface area contributed by atoms with Gasteiger partial charge in [0, 0.05) is 27.7 Å².